The van der Waals surface area contributed by atoms with Crippen LogP contribution in [-0.2, 0) is 9.53 Å². The zero-order valence-corrected chi connectivity index (χ0v) is 8.30. The maximum absolute atomic E-state index is 11.4. The van der Waals surface area contributed by atoms with Crippen molar-refractivity contribution in [3.63, 3.8) is 0 Å². The molecule has 4 heteroatoms. The summed E-state index contributed by atoms with van der Waals surface area (Å²) in [4.78, 5) is 11.4. The van der Waals surface area contributed by atoms with E-state index >= 15 is 0 Å². The summed E-state index contributed by atoms with van der Waals surface area (Å²) in [6, 6.07) is 0.311. The lowest BCUT2D eigenvalue weighted by Gasteiger charge is -2.14. The van der Waals surface area contributed by atoms with Crippen LogP contribution >= 0.6 is 0 Å². The van der Waals surface area contributed by atoms with E-state index in [1.807, 2.05) is 14.0 Å². The first-order valence-electron chi connectivity index (χ1n) is 4.80. The molecule has 0 spiro atoms. The molecule has 1 aliphatic rings. The summed E-state index contributed by atoms with van der Waals surface area (Å²) in [6.07, 6.45) is 1.66. The molecular formula is C9H18N2O2. The van der Waals surface area contributed by atoms with Crippen LogP contribution in [-0.4, -0.2) is 38.3 Å². The van der Waals surface area contributed by atoms with Crippen molar-refractivity contribution in [2.45, 2.75) is 31.9 Å². The minimum Gasteiger partial charge on any atom is -0.368 e. The molecule has 1 aliphatic heterocycles. The monoisotopic (exact) mass is 186 g/mol. The SMILES string of the molecule is CNC(C)CNC(=O)C1CCCO1. The molecule has 2 atom stereocenters. The van der Waals surface area contributed by atoms with Gasteiger partial charge in [0.2, 0.25) is 5.91 Å². The van der Waals surface area contributed by atoms with Crippen molar-refractivity contribution in [2.75, 3.05) is 20.2 Å². The molecule has 1 amide bonds. The molecule has 0 aliphatic carbocycles. The van der Waals surface area contributed by atoms with E-state index in [1.165, 1.54) is 0 Å². The Kier molecular flexibility index (Phi) is 4.18. The van der Waals surface area contributed by atoms with Crippen LogP contribution in [0.5, 0.6) is 0 Å². The Morgan fingerprint density at radius 3 is 3.00 bits per heavy atom. The normalized spacial score (nSPS) is 24.3. The van der Waals surface area contributed by atoms with Crippen molar-refractivity contribution in [3.05, 3.63) is 0 Å². The molecule has 2 unspecified atom stereocenters. The zero-order chi connectivity index (χ0) is 9.68. The number of ether oxygens (including phenoxy) is 1. The van der Waals surface area contributed by atoms with Gasteiger partial charge in [-0.1, -0.05) is 0 Å². The summed E-state index contributed by atoms with van der Waals surface area (Å²) < 4.78 is 5.25. The molecule has 0 aromatic carbocycles. The molecule has 4 nitrogen and oxygen atoms in total. The van der Waals surface area contributed by atoms with Gasteiger partial charge in [0.25, 0.3) is 0 Å². The van der Waals surface area contributed by atoms with Gasteiger partial charge >= 0.3 is 0 Å². The van der Waals surface area contributed by atoms with Crippen LogP contribution in [0.3, 0.4) is 0 Å². The summed E-state index contributed by atoms with van der Waals surface area (Å²) >= 11 is 0. The lowest BCUT2D eigenvalue weighted by atomic mass is 10.2. The van der Waals surface area contributed by atoms with E-state index in [2.05, 4.69) is 10.6 Å². The van der Waals surface area contributed by atoms with Gasteiger partial charge < -0.3 is 15.4 Å². The number of carbonyl (C=O) groups excluding carboxylic acids is 1. The van der Waals surface area contributed by atoms with Crippen LogP contribution in [0.15, 0.2) is 0 Å². The maximum Gasteiger partial charge on any atom is 0.249 e. The summed E-state index contributed by atoms with van der Waals surface area (Å²) in [5.41, 5.74) is 0. The smallest absolute Gasteiger partial charge is 0.249 e. The first kappa shape index (κ1) is 10.5. The molecule has 76 valence electrons. The third-order valence-corrected chi connectivity index (χ3v) is 2.30. The highest BCUT2D eigenvalue weighted by Gasteiger charge is 2.23. The van der Waals surface area contributed by atoms with Crippen LogP contribution < -0.4 is 10.6 Å². The summed E-state index contributed by atoms with van der Waals surface area (Å²) in [7, 11) is 1.88. The molecule has 0 saturated carbocycles. The maximum atomic E-state index is 11.4. The Morgan fingerprint density at radius 2 is 2.46 bits per heavy atom. The van der Waals surface area contributed by atoms with Gasteiger partial charge in [0.1, 0.15) is 6.10 Å². The lowest BCUT2D eigenvalue weighted by Crippen LogP contribution is -2.41. The van der Waals surface area contributed by atoms with Crippen molar-refractivity contribution >= 4 is 5.91 Å². The van der Waals surface area contributed by atoms with Crippen molar-refractivity contribution in [1.29, 1.82) is 0 Å². The summed E-state index contributed by atoms with van der Waals surface area (Å²) in [6.45, 7) is 3.41. The van der Waals surface area contributed by atoms with Crippen LogP contribution in [0.25, 0.3) is 0 Å². The summed E-state index contributed by atoms with van der Waals surface area (Å²) in [5, 5.41) is 5.90. The highest BCUT2D eigenvalue weighted by molar-refractivity contribution is 5.80. The Balaban J connectivity index is 2.16. The van der Waals surface area contributed by atoms with Crippen LogP contribution in [0, 0.1) is 0 Å². The minimum atomic E-state index is -0.205. The molecule has 1 saturated heterocycles. The van der Waals surface area contributed by atoms with Crippen molar-refractivity contribution in [2.24, 2.45) is 0 Å². The van der Waals surface area contributed by atoms with Crippen molar-refractivity contribution in [1.82, 2.24) is 10.6 Å². The molecular weight excluding hydrogens is 168 g/mol. The van der Waals surface area contributed by atoms with Gasteiger partial charge in [-0.05, 0) is 26.8 Å². The molecule has 13 heavy (non-hydrogen) atoms. The predicted molar refractivity (Wildman–Crippen MR) is 50.5 cm³/mol. The second kappa shape index (κ2) is 5.19. The number of carbonyl (C=O) groups is 1. The quantitative estimate of drug-likeness (QED) is 0.644. The van der Waals surface area contributed by atoms with Gasteiger partial charge in [-0.25, -0.2) is 0 Å². The number of hydrogen-bond acceptors (Lipinski definition) is 3. The van der Waals surface area contributed by atoms with Crippen molar-refractivity contribution < 1.29 is 9.53 Å². The van der Waals surface area contributed by atoms with E-state index < -0.39 is 0 Å². The van der Waals surface area contributed by atoms with E-state index in [4.69, 9.17) is 4.74 Å². The highest BCUT2D eigenvalue weighted by Crippen LogP contribution is 2.11. The average molecular weight is 186 g/mol. The van der Waals surface area contributed by atoms with Crippen LogP contribution in [0.1, 0.15) is 19.8 Å². The molecule has 1 heterocycles. The zero-order valence-electron chi connectivity index (χ0n) is 8.30. The minimum absolute atomic E-state index is 0.0274. The Labute approximate surface area is 79.0 Å². The van der Waals surface area contributed by atoms with Gasteiger partial charge in [-0.3, -0.25) is 4.79 Å². The van der Waals surface area contributed by atoms with E-state index in [0.717, 1.165) is 19.4 Å². The number of likely N-dealkylation sites (N-methyl/N-ethyl adjacent to an activating group) is 1. The molecule has 0 bridgehead atoms. The van der Waals surface area contributed by atoms with Crippen LogP contribution in [0.4, 0.5) is 0 Å². The van der Waals surface area contributed by atoms with E-state index in [-0.39, 0.29) is 12.0 Å². The molecule has 1 rings (SSSR count). The molecule has 2 N–H and O–H groups in total. The lowest BCUT2D eigenvalue weighted by molar-refractivity contribution is -0.130. The molecule has 0 aromatic heterocycles. The third-order valence-electron chi connectivity index (χ3n) is 2.30. The highest BCUT2D eigenvalue weighted by atomic mass is 16.5. The Bertz CT molecular complexity index is 167. The first-order chi connectivity index (χ1) is 6.24. The molecule has 1 fully saturated rings. The fraction of sp³-hybridized carbons (Fsp3) is 0.889. The number of nitrogens with one attached hydrogen (secondary N) is 2. The summed E-state index contributed by atoms with van der Waals surface area (Å²) in [5.74, 6) is 0.0274. The van der Waals surface area contributed by atoms with Gasteiger partial charge in [0.05, 0.1) is 0 Å². The molecule has 0 aromatic rings. The van der Waals surface area contributed by atoms with E-state index in [9.17, 15) is 4.79 Å². The average Bonchev–Trinajstić information content (AvgIpc) is 2.66. The standard InChI is InChI=1S/C9H18N2O2/c1-7(10-2)6-11-9(12)8-4-3-5-13-8/h7-8,10H,3-6H2,1-2H3,(H,11,12). The van der Waals surface area contributed by atoms with E-state index in [0.29, 0.717) is 12.6 Å². The van der Waals surface area contributed by atoms with Crippen molar-refractivity contribution in [3.8, 4) is 0 Å². The predicted octanol–water partition coefficient (Wildman–Crippen LogP) is -0.110. The second-order valence-corrected chi connectivity index (χ2v) is 3.44. The number of rotatable bonds is 4. The Hall–Kier alpha value is -0.610. The molecule has 0 radical (unpaired) electrons. The fourth-order valence-corrected chi connectivity index (χ4v) is 1.25. The number of amides is 1. The topological polar surface area (TPSA) is 50.4 Å². The van der Waals surface area contributed by atoms with Gasteiger partial charge in [0.15, 0.2) is 0 Å². The van der Waals surface area contributed by atoms with Gasteiger partial charge in [-0.2, -0.15) is 0 Å². The second-order valence-electron chi connectivity index (χ2n) is 3.44. The fourth-order valence-electron chi connectivity index (χ4n) is 1.25. The first-order valence-corrected chi connectivity index (χ1v) is 4.80. The van der Waals surface area contributed by atoms with E-state index in [1.54, 1.807) is 0 Å². The van der Waals surface area contributed by atoms with Gasteiger partial charge in [-0.15, -0.1) is 0 Å². The van der Waals surface area contributed by atoms with Crippen LogP contribution in [0.2, 0.25) is 0 Å². The Morgan fingerprint density at radius 1 is 1.69 bits per heavy atom. The number of hydrogen-bond donors (Lipinski definition) is 2. The third kappa shape index (κ3) is 3.32. The van der Waals surface area contributed by atoms with Gasteiger partial charge in [0, 0.05) is 19.2 Å². The largest absolute Gasteiger partial charge is 0.368 e.